The van der Waals surface area contributed by atoms with Gasteiger partial charge in [0.15, 0.2) is 0 Å². The summed E-state index contributed by atoms with van der Waals surface area (Å²) in [5.74, 6) is 0. The minimum atomic E-state index is -0.287. The first kappa shape index (κ1) is 15.6. The van der Waals surface area contributed by atoms with Gasteiger partial charge in [0.25, 0.3) is 0 Å². The first-order valence-electron chi connectivity index (χ1n) is 8.01. The molecule has 0 N–H and O–H groups in total. The van der Waals surface area contributed by atoms with E-state index in [0.29, 0.717) is 0 Å². The monoisotopic (exact) mass is 311 g/mol. The van der Waals surface area contributed by atoms with E-state index in [0.717, 1.165) is 12.8 Å². The average molecular weight is 311 g/mol. The van der Waals surface area contributed by atoms with Crippen LogP contribution in [0.25, 0.3) is 5.69 Å². The minimum Gasteiger partial charge on any atom is -0.323 e. The molecule has 1 saturated heterocycles. The number of rotatable bonds is 2. The fraction of sp³-hybridized carbons (Fsp3) is 0.400. The van der Waals surface area contributed by atoms with Gasteiger partial charge in [0.2, 0.25) is 0 Å². The average Bonchev–Trinajstić information content (AvgIpc) is 2.89. The smallest absolute Gasteiger partial charge is 0.0526 e. The van der Waals surface area contributed by atoms with Gasteiger partial charge in [-0.3, -0.25) is 0 Å². The number of hydrogen-bond acceptors (Lipinski definition) is 0. The number of nitrogens with zero attached hydrogens (tertiary/aromatic N) is 1. The fourth-order valence-electron chi connectivity index (χ4n) is 4.28. The lowest BCUT2D eigenvalue weighted by atomic mass is 9.94. The van der Waals surface area contributed by atoms with E-state index in [2.05, 4.69) is 87.6 Å². The number of benzene rings is 1. The molecule has 0 saturated carbocycles. The van der Waals surface area contributed by atoms with Crippen molar-refractivity contribution in [3.8, 4) is 5.69 Å². The van der Waals surface area contributed by atoms with Crippen molar-refractivity contribution in [1.82, 2.24) is 4.57 Å². The number of aromatic nitrogens is 1. The molecular weight excluding hydrogens is 285 g/mol. The highest BCUT2D eigenvalue weighted by atomic mass is 31.1. The summed E-state index contributed by atoms with van der Waals surface area (Å²) in [6.07, 6.45) is 6.58. The second kappa shape index (κ2) is 5.39. The number of hydrogen-bond donors (Lipinski definition) is 0. The van der Waals surface area contributed by atoms with E-state index < -0.39 is 0 Å². The molecule has 0 atom stereocenters. The second-order valence-electron chi connectivity index (χ2n) is 7.64. The molecule has 116 valence electrons. The number of allylic oxidation sites excluding steroid dienone is 1. The molecule has 1 aliphatic rings. The van der Waals surface area contributed by atoms with Crippen molar-refractivity contribution in [2.24, 2.45) is 0 Å². The topological polar surface area (TPSA) is 4.93 Å². The number of para-hydroxylation sites is 1. The highest BCUT2D eigenvalue weighted by molar-refractivity contribution is 7.69. The molecule has 0 aliphatic carbocycles. The Kier molecular flexibility index (Phi) is 3.81. The molecule has 0 amide bonds. The van der Waals surface area contributed by atoms with Crippen molar-refractivity contribution < 1.29 is 0 Å². The first-order chi connectivity index (χ1) is 10.3. The predicted molar refractivity (Wildman–Crippen MR) is 98.9 cm³/mol. The first-order valence-corrected chi connectivity index (χ1v) is 9.35. The summed E-state index contributed by atoms with van der Waals surface area (Å²) in [5, 5.41) is 2.10. The van der Waals surface area contributed by atoms with Crippen molar-refractivity contribution in [3.63, 3.8) is 0 Å². The lowest BCUT2D eigenvalue weighted by molar-refractivity contribution is 0.559. The Hall–Kier alpha value is -1.33. The Morgan fingerprint density at radius 1 is 0.909 bits per heavy atom. The van der Waals surface area contributed by atoms with Crippen molar-refractivity contribution >= 4 is 13.2 Å². The van der Waals surface area contributed by atoms with Crippen molar-refractivity contribution in [2.45, 2.75) is 50.8 Å². The lowest BCUT2D eigenvalue weighted by Gasteiger charge is -2.51. The highest BCUT2D eigenvalue weighted by Gasteiger charge is 2.46. The van der Waals surface area contributed by atoms with E-state index in [-0.39, 0.29) is 18.2 Å². The van der Waals surface area contributed by atoms with Crippen LogP contribution in [-0.4, -0.2) is 14.9 Å². The Bertz CT molecular complexity index is 659. The summed E-state index contributed by atoms with van der Waals surface area (Å²) in [6, 6.07) is 13.1. The molecule has 1 aliphatic heterocycles. The van der Waals surface area contributed by atoms with E-state index in [4.69, 9.17) is 0 Å². The second-order valence-corrected chi connectivity index (χ2v) is 11.2. The van der Waals surface area contributed by atoms with Gasteiger partial charge in [0, 0.05) is 17.7 Å². The summed E-state index contributed by atoms with van der Waals surface area (Å²) < 4.78 is 2.26. The Balaban J connectivity index is 2.16. The molecular formula is C20H26NP. The maximum absolute atomic E-state index is 4.31. The largest absolute Gasteiger partial charge is 0.323 e. The molecule has 1 fully saturated rings. The van der Waals surface area contributed by atoms with E-state index in [1.54, 1.807) is 0 Å². The SMILES string of the molecule is C=C1CC(C)(C)P(c2ccccc2-n2cccc2)C(C)(C)C1. The van der Waals surface area contributed by atoms with Crippen molar-refractivity contribution in [2.75, 3.05) is 0 Å². The molecule has 3 rings (SSSR count). The minimum absolute atomic E-state index is 0.287. The van der Waals surface area contributed by atoms with Crippen LogP contribution >= 0.6 is 7.92 Å². The quantitative estimate of drug-likeness (QED) is 0.510. The third-order valence-electron chi connectivity index (χ3n) is 4.58. The van der Waals surface area contributed by atoms with Gasteiger partial charge in [-0.05, 0) is 41.4 Å². The summed E-state index contributed by atoms with van der Waals surface area (Å²) in [6.45, 7) is 14.0. The van der Waals surface area contributed by atoms with Gasteiger partial charge in [-0.15, -0.1) is 0 Å². The summed E-state index contributed by atoms with van der Waals surface area (Å²) in [5.41, 5.74) is 2.75. The standard InChI is InChI=1S/C20H26NP/c1-16-14-19(2,3)22(20(4,5)15-16)18-11-7-6-10-17(18)21-12-8-9-13-21/h6-13H,1,14-15H2,2-5H3. The molecule has 2 heteroatoms. The highest BCUT2D eigenvalue weighted by Crippen LogP contribution is 2.66. The Morgan fingerprint density at radius 2 is 1.45 bits per heavy atom. The molecule has 0 unspecified atom stereocenters. The zero-order valence-corrected chi connectivity index (χ0v) is 15.0. The maximum Gasteiger partial charge on any atom is 0.0526 e. The lowest BCUT2D eigenvalue weighted by Crippen LogP contribution is -2.40. The van der Waals surface area contributed by atoms with E-state index in [9.17, 15) is 0 Å². The Morgan fingerprint density at radius 3 is 2.05 bits per heavy atom. The van der Waals surface area contributed by atoms with Gasteiger partial charge in [-0.25, -0.2) is 0 Å². The molecule has 0 radical (unpaired) electrons. The molecule has 2 heterocycles. The van der Waals surface area contributed by atoms with Gasteiger partial charge < -0.3 is 4.57 Å². The van der Waals surface area contributed by atoms with Crippen LogP contribution in [-0.2, 0) is 0 Å². The van der Waals surface area contributed by atoms with Crippen LogP contribution in [0, 0.1) is 0 Å². The fourth-order valence-corrected chi connectivity index (χ4v) is 8.64. The molecule has 1 aromatic heterocycles. The normalized spacial score (nSPS) is 21.0. The van der Waals surface area contributed by atoms with Gasteiger partial charge in [-0.1, -0.05) is 66.0 Å². The van der Waals surface area contributed by atoms with Crippen molar-refractivity contribution in [3.05, 3.63) is 60.9 Å². The molecule has 0 bridgehead atoms. The van der Waals surface area contributed by atoms with Crippen LogP contribution in [0.5, 0.6) is 0 Å². The van der Waals surface area contributed by atoms with E-state index in [1.165, 1.54) is 16.6 Å². The van der Waals surface area contributed by atoms with Gasteiger partial charge in [0.1, 0.15) is 0 Å². The zero-order valence-electron chi connectivity index (χ0n) is 14.1. The van der Waals surface area contributed by atoms with Gasteiger partial charge >= 0.3 is 0 Å². The maximum atomic E-state index is 4.31. The van der Waals surface area contributed by atoms with Crippen LogP contribution in [0.2, 0.25) is 0 Å². The van der Waals surface area contributed by atoms with Gasteiger partial charge in [0.05, 0.1) is 5.69 Å². The van der Waals surface area contributed by atoms with Crippen LogP contribution in [0.3, 0.4) is 0 Å². The summed E-state index contributed by atoms with van der Waals surface area (Å²) in [7, 11) is -0.287. The third-order valence-corrected chi connectivity index (χ3v) is 8.18. The molecule has 22 heavy (non-hydrogen) atoms. The molecule has 1 aromatic carbocycles. The van der Waals surface area contributed by atoms with Gasteiger partial charge in [-0.2, -0.15) is 0 Å². The zero-order chi connectivity index (χ0) is 16.0. The Labute approximate surface area is 135 Å². The van der Waals surface area contributed by atoms with Crippen LogP contribution in [0.15, 0.2) is 60.9 Å². The van der Waals surface area contributed by atoms with Crippen LogP contribution < -0.4 is 5.30 Å². The predicted octanol–water partition coefficient (Wildman–Crippen LogP) is 5.49. The summed E-state index contributed by atoms with van der Waals surface area (Å²) in [4.78, 5) is 0. The van der Waals surface area contributed by atoms with Crippen LogP contribution in [0.4, 0.5) is 0 Å². The molecule has 1 nitrogen and oxygen atoms in total. The van der Waals surface area contributed by atoms with Crippen molar-refractivity contribution in [1.29, 1.82) is 0 Å². The van der Waals surface area contributed by atoms with E-state index >= 15 is 0 Å². The molecule has 2 aromatic rings. The third kappa shape index (κ3) is 2.68. The summed E-state index contributed by atoms with van der Waals surface area (Å²) >= 11 is 0. The van der Waals surface area contributed by atoms with E-state index in [1.807, 2.05) is 0 Å². The van der Waals surface area contributed by atoms with Crippen LogP contribution in [0.1, 0.15) is 40.5 Å². The molecule has 0 spiro atoms.